The van der Waals surface area contributed by atoms with Gasteiger partial charge in [0, 0.05) is 17.1 Å². The lowest BCUT2D eigenvalue weighted by Crippen LogP contribution is -2.05. The van der Waals surface area contributed by atoms with E-state index in [9.17, 15) is 10.1 Å². The van der Waals surface area contributed by atoms with Crippen LogP contribution in [0.1, 0.15) is 5.56 Å². The monoisotopic (exact) mass is 370 g/mol. The number of halogens is 2. The van der Waals surface area contributed by atoms with Crippen LogP contribution in [0.3, 0.4) is 0 Å². The smallest absolute Gasteiger partial charge is 0.275 e. The van der Waals surface area contributed by atoms with Gasteiger partial charge >= 0.3 is 0 Å². The van der Waals surface area contributed by atoms with Crippen LogP contribution in [0.2, 0.25) is 5.02 Å². The highest BCUT2D eigenvalue weighted by atomic mass is 79.9. The molecule has 0 radical (unpaired) electrons. The predicted molar refractivity (Wildman–Crippen MR) is 86.1 cm³/mol. The number of ether oxygens (including phenoxy) is 1. The van der Waals surface area contributed by atoms with Crippen LogP contribution >= 0.6 is 27.5 Å². The van der Waals surface area contributed by atoms with Crippen molar-refractivity contribution in [2.45, 2.75) is 6.54 Å². The molecule has 0 saturated heterocycles. The summed E-state index contributed by atoms with van der Waals surface area (Å²) in [6.45, 7) is 0.225. The van der Waals surface area contributed by atoms with E-state index in [0.717, 1.165) is 10.2 Å². The third-order valence-electron chi connectivity index (χ3n) is 2.91. The molecule has 0 saturated carbocycles. The average Bonchev–Trinajstić information content (AvgIpc) is 2.45. The summed E-state index contributed by atoms with van der Waals surface area (Å²) in [5.41, 5.74) is 1.15. The van der Waals surface area contributed by atoms with E-state index in [-0.39, 0.29) is 12.2 Å². The Morgan fingerprint density at radius 3 is 2.81 bits per heavy atom. The second kappa shape index (κ2) is 6.78. The Hall–Kier alpha value is -1.79. The molecule has 2 rings (SSSR count). The summed E-state index contributed by atoms with van der Waals surface area (Å²) < 4.78 is 6.12. The van der Waals surface area contributed by atoms with Crippen LogP contribution < -0.4 is 10.1 Å². The number of methoxy groups -OCH3 is 1. The highest BCUT2D eigenvalue weighted by Crippen LogP contribution is 2.31. The summed E-state index contributed by atoms with van der Waals surface area (Å²) >= 11 is 9.43. The Bertz CT molecular complexity index is 679. The summed E-state index contributed by atoms with van der Waals surface area (Å²) in [4.78, 5) is 10.6. The van der Waals surface area contributed by atoms with Crippen LogP contribution in [0.5, 0.6) is 5.75 Å². The second-order valence-corrected chi connectivity index (χ2v) is 5.52. The van der Waals surface area contributed by atoms with Crippen molar-refractivity contribution in [2.75, 3.05) is 12.4 Å². The molecule has 0 atom stereocenters. The first-order valence-corrected chi connectivity index (χ1v) is 7.19. The number of anilines is 1. The summed E-state index contributed by atoms with van der Waals surface area (Å²) in [6.07, 6.45) is 0. The van der Waals surface area contributed by atoms with Crippen molar-refractivity contribution in [3.63, 3.8) is 0 Å². The van der Waals surface area contributed by atoms with Crippen LogP contribution in [0, 0.1) is 10.1 Å². The molecule has 0 spiro atoms. The van der Waals surface area contributed by atoms with E-state index in [4.69, 9.17) is 16.3 Å². The highest BCUT2D eigenvalue weighted by molar-refractivity contribution is 9.10. The fourth-order valence-corrected chi connectivity index (χ4v) is 2.49. The molecule has 2 aromatic carbocycles. The first-order chi connectivity index (χ1) is 10.0. The molecule has 7 heteroatoms. The van der Waals surface area contributed by atoms with Crippen LogP contribution in [0.4, 0.5) is 11.4 Å². The van der Waals surface area contributed by atoms with Crippen molar-refractivity contribution in [3.8, 4) is 5.75 Å². The van der Waals surface area contributed by atoms with Gasteiger partial charge in [-0.05, 0) is 24.3 Å². The number of benzene rings is 2. The van der Waals surface area contributed by atoms with Gasteiger partial charge in [0.1, 0.15) is 5.75 Å². The summed E-state index contributed by atoms with van der Waals surface area (Å²) in [5.74, 6) is 0.646. The van der Waals surface area contributed by atoms with Gasteiger partial charge < -0.3 is 10.1 Å². The molecule has 0 unspecified atom stereocenters. The zero-order chi connectivity index (χ0) is 15.4. The lowest BCUT2D eigenvalue weighted by Gasteiger charge is -2.12. The summed E-state index contributed by atoms with van der Waals surface area (Å²) in [7, 11) is 1.56. The Kier molecular flexibility index (Phi) is 5.03. The maximum Gasteiger partial charge on any atom is 0.275 e. The second-order valence-electron chi connectivity index (χ2n) is 4.19. The third-order valence-corrected chi connectivity index (χ3v) is 3.76. The molecule has 1 N–H and O–H groups in total. The Morgan fingerprint density at radius 2 is 2.14 bits per heavy atom. The Morgan fingerprint density at radius 1 is 1.38 bits per heavy atom. The van der Waals surface area contributed by atoms with Gasteiger partial charge in [0.05, 0.1) is 28.3 Å². The molecule has 0 aliphatic rings. The number of nitrogens with zero attached hydrogens (tertiary/aromatic N) is 1. The number of nitro benzene ring substituents is 1. The molecule has 21 heavy (non-hydrogen) atoms. The van der Waals surface area contributed by atoms with E-state index < -0.39 is 4.92 Å². The maximum absolute atomic E-state index is 11.0. The first kappa shape index (κ1) is 15.6. The molecule has 110 valence electrons. The number of nitrogens with one attached hydrogen (secondary N) is 1. The molecule has 2 aromatic rings. The molecular formula is C14H12BrClN2O3. The van der Waals surface area contributed by atoms with Crippen LogP contribution in [0.15, 0.2) is 40.9 Å². The van der Waals surface area contributed by atoms with Gasteiger partial charge in [-0.3, -0.25) is 10.1 Å². The van der Waals surface area contributed by atoms with Crippen molar-refractivity contribution < 1.29 is 9.66 Å². The van der Waals surface area contributed by atoms with E-state index >= 15 is 0 Å². The minimum Gasteiger partial charge on any atom is -0.495 e. The Balaban J connectivity index is 2.28. The number of hydrogen-bond donors (Lipinski definition) is 1. The highest BCUT2D eigenvalue weighted by Gasteiger charge is 2.16. The quantitative estimate of drug-likeness (QED) is 0.614. The molecule has 0 amide bonds. The first-order valence-electron chi connectivity index (χ1n) is 6.02. The summed E-state index contributed by atoms with van der Waals surface area (Å²) in [5, 5.41) is 14.5. The van der Waals surface area contributed by atoms with Crippen molar-refractivity contribution in [1.82, 2.24) is 0 Å². The zero-order valence-electron chi connectivity index (χ0n) is 11.1. The summed E-state index contributed by atoms with van der Waals surface area (Å²) in [6, 6.07) is 10.1. The SMILES string of the molecule is COc1ccc(Br)cc1NCc1c(Cl)cccc1[N+](=O)[O-]. The zero-order valence-corrected chi connectivity index (χ0v) is 13.4. The molecule has 0 heterocycles. The van der Waals surface area contributed by atoms with Gasteiger partial charge in [0.25, 0.3) is 5.69 Å². The minimum absolute atomic E-state index is 0.0102. The number of rotatable bonds is 5. The van der Waals surface area contributed by atoms with E-state index in [1.165, 1.54) is 6.07 Å². The van der Waals surface area contributed by atoms with Gasteiger partial charge in [-0.25, -0.2) is 0 Å². The topological polar surface area (TPSA) is 64.4 Å². The van der Waals surface area contributed by atoms with Crippen LogP contribution in [-0.2, 0) is 6.54 Å². The minimum atomic E-state index is -0.443. The fraction of sp³-hybridized carbons (Fsp3) is 0.143. The number of hydrogen-bond acceptors (Lipinski definition) is 4. The van der Waals surface area contributed by atoms with Crippen molar-refractivity contribution in [1.29, 1.82) is 0 Å². The molecule has 5 nitrogen and oxygen atoms in total. The van der Waals surface area contributed by atoms with Crippen molar-refractivity contribution in [2.24, 2.45) is 0 Å². The van der Waals surface area contributed by atoms with E-state index in [2.05, 4.69) is 21.2 Å². The average molecular weight is 372 g/mol. The van der Waals surface area contributed by atoms with Gasteiger partial charge in [-0.1, -0.05) is 33.6 Å². The molecule has 0 aliphatic carbocycles. The van der Waals surface area contributed by atoms with Crippen LogP contribution in [-0.4, -0.2) is 12.0 Å². The lowest BCUT2D eigenvalue weighted by molar-refractivity contribution is -0.385. The van der Waals surface area contributed by atoms with Crippen LogP contribution in [0.25, 0.3) is 0 Å². The standard InChI is InChI=1S/C14H12BrClN2O3/c1-21-14-6-5-9(15)7-12(14)17-8-10-11(16)3-2-4-13(10)18(19)20/h2-7,17H,8H2,1H3. The van der Waals surface area contributed by atoms with Gasteiger partial charge in [-0.15, -0.1) is 0 Å². The normalized spacial score (nSPS) is 10.2. The van der Waals surface area contributed by atoms with E-state index in [1.807, 2.05) is 12.1 Å². The van der Waals surface area contributed by atoms with Crippen molar-refractivity contribution >= 4 is 38.9 Å². The lowest BCUT2D eigenvalue weighted by atomic mass is 10.1. The van der Waals surface area contributed by atoms with Gasteiger partial charge in [0.2, 0.25) is 0 Å². The number of nitro groups is 1. The third kappa shape index (κ3) is 3.65. The molecule has 0 bridgehead atoms. The Labute approximate surface area is 135 Å². The predicted octanol–water partition coefficient (Wildman–Crippen LogP) is 4.63. The van der Waals surface area contributed by atoms with E-state index in [0.29, 0.717) is 16.3 Å². The maximum atomic E-state index is 11.0. The van der Waals surface area contributed by atoms with Gasteiger partial charge in [-0.2, -0.15) is 0 Å². The van der Waals surface area contributed by atoms with E-state index in [1.54, 1.807) is 25.3 Å². The van der Waals surface area contributed by atoms with Crippen molar-refractivity contribution in [3.05, 3.63) is 61.6 Å². The molecule has 0 aromatic heterocycles. The molecular weight excluding hydrogens is 360 g/mol. The largest absolute Gasteiger partial charge is 0.495 e. The van der Waals surface area contributed by atoms with Gasteiger partial charge in [0.15, 0.2) is 0 Å². The fourth-order valence-electron chi connectivity index (χ4n) is 1.90. The molecule has 0 aliphatic heterocycles. The molecule has 0 fully saturated rings.